The normalized spacial score (nSPS) is 28.8. The Balaban J connectivity index is 1.90. The standard InChI is InChI=1S/C10H21N3O3S/c14-17(15,13-6-8-16-9-7-13)12-10-2-1-4-11-5-3-10/h10-12H,1-9H2. The molecule has 0 radical (unpaired) electrons. The molecular formula is C10H21N3O3S. The molecule has 2 aliphatic heterocycles. The summed E-state index contributed by atoms with van der Waals surface area (Å²) in [6, 6.07) is 0.0674. The van der Waals surface area contributed by atoms with E-state index < -0.39 is 10.2 Å². The molecule has 100 valence electrons. The van der Waals surface area contributed by atoms with Gasteiger partial charge in [-0.15, -0.1) is 0 Å². The van der Waals surface area contributed by atoms with Crippen LogP contribution < -0.4 is 10.0 Å². The van der Waals surface area contributed by atoms with Gasteiger partial charge in [0, 0.05) is 19.1 Å². The van der Waals surface area contributed by atoms with E-state index in [0.717, 1.165) is 32.4 Å². The zero-order valence-electron chi connectivity index (χ0n) is 10.0. The van der Waals surface area contributed by atoms with Crippen molar-refractivity contribution in [2.75, 3.05) is 39.4 Å². The molecule has 0 aromatic rings. The molecule has 0 saturated carbocycles. The van der Waals surface area contributed by atoms with Crippen molar-refractivity contribution in [3.05, 3.63) is 0 Å². The fourth-order valence-electron chi connectivity index (χ4n) is 2.21. The fourth-order valence-corrected chi connectivity index (χ4v) is 3.64. The van der Waals surface area contributed by atoms with Gasteiger partial charge in [-0.3, -0.25) is 0 Å². The smallest absolute Gasteiger partial charge is 0.279 e. The van der Waals surface area contributed by atoms with Crippen LogP contribution >= 0.6 is 0 Å². The topological polar surface area (TPSA) is 70.7 Å². The first-order valence-corrected chi connectivity index (χ1v) is 7.68. The summed E-state index contributed by atoms with van der Waals surface area (Å²) in [7, 11) is -3.32. The lowest BCUT2D eigenvalue weighted by atomic mass is 10.1. The van der Waals surface area contributed by atoms with E-state index in [9.17, 15) is 8.42 Å². The molecular weight excluding hydrogens is 242 g/mol. The van der Waals surface area contributed by atoms with Gasteiger partial charge in [-0.2, -0.15) is 17.4 Å². The van der Waals surface area contributed by atoms with Gasteiger partial charge >= 0.3 is 0 Å². The van der Waals surface area contributed by atoms with E-state index in [-0.39, 0.29) is 6.04 Å². The molecule has 2 saturated heterocycles. The molecule has 0 bridgehead atoms. The van der Waals surface area contributed by atoms with Crippen LogP contribution in [0.5, 0.6) is 0 Å². The van der Waals surface area contributed by atoms with Crippen LogP contribution in [0, 0.1) is 0 Å². The Morgan fingerprint density at radius 2 is 1.94 bits per heavy atom. The Morgan fingerprint density at radius 3 is 2.71 bits per heavy atom. The van der Waals surface area contributed by atoms with E-state index in [1.165, 1.54) is 4.31 Å². The molecule has 0 spiro atoms. The van der Waals surface area contributed by atoms with Gasteiger partial charge in [0.2, 0.25) is 0 Å². The van der Waals surface area contributed by atoms with Gasteiger partial charge in [0.1, 0.15) is 0 Å². The highest BCUT2D eigenvalue weighted by atomic mass is 32.2. The maximum Gasteiger partial charge on any atom is 0.279 e. The largest absolute Gasteiger partial charge is 0.379 e. The van der Waals surface area contributed by atoms with Crippen molar-refractivity contribution >= 4 is 10.2 Å². The summed E-state index contributed by atoms with van der Waals surface area (Å²) in [5.41, 5.74) is 0. The van der Waals surface area contributed by atoms with Crippen LogP contribution in [0.25, 0.3) is 0 Å². The third-order valence-electron chi connectivity index (χ3n) is 3.20. The minimum atomic E-state index is -3.32. The first kappa shape index (κ1) is 13.2. The molecule has 0 aromatic carbocycles. The second-order valence-electron chi connectivity index (χ2n) is 4.51. The number of ether oxygens (including phenoxy) is 1. The molecule has 17 heavy (non-hydrogen) atoms. The predicted octanol–water partition coefficient (Wildman–Crippen LogP) is -0.705. The monoisotopic (exact) mass is 263 g/mol. The number of nitrogens with one attached hydrogen (secondary N) is 2. The van der Waals surface area contributed by atoms with Crippen molar-refractivity contribution < 1.29 is 13.2 Å². The van der Waals surface area contributed by atoms with Gasteiger partial charge < -0.3 is 10.1 Å². The second kappa shape index (κ2) is 6.10. The van der Waals surface area contributed by atoms with Gasteiger partial charge in [-0.1, -0.05) is 0 Å². The van der Waals surface area contributed by atoms with Gasteiger partial charge in [0.25, 0.3) is 10.2 Å². The number of rotatable bonds is 3. The minimum absolute atomic E-state index is 0.0674. The van der Waals surface area contributed by atoms with Gasteiger partial charge in [0.15, 0.2) is 0 Å². The third kappa shape index (κ3) is 3.89. The maximum absolute atomic E-state index is 12.1. The summed E-state index contributed by atoms with van der Waals surface area (Å²) in [5.74, 6) is 0. The van der Waals surface area contributed by atoms with Gasteiger partial charge in [0.05, 0.1) is 13.2 Å². The first-order valence-electron chi connectivity index (χ1n) is 6.24. The summed E-state index contributed by atoms with van der Waals surface area (Å²) in [6.45, 7) is 3.77. The summed E-state index contributed by atoms with van der Waals surface area (Å²) < 4.78 is 33.7. The molecule has 6 nitrogen and oxygen atoms in total. The van der Waals surface area contributed by atoms with Gasteiger partial charge in [-0.05, 0) is 32.4 Å². The second-order valence-corrected chi connectivity index (χ2v) is 6.21. The Bertz CT molecular complexity index is 320. The highest BCUT2D eigenvalue weighted by Crippen LogP contribution is 2.09. The van der Waals surface area contributed by atoms with Gasteiger partial charge in [-0.25, -0.2) is 0 Å². The molecule has 2 fully saturated rings. The van der Waals surface area contributed by atoms with E-state index in [4.69, 9.17) is 4.74 Å². The highest BCUT2D eigenvalue weighted by Gasteiger charge is 2.27. The molecule has 7 heteroatoms. The predicted molar refractivity (Wildman–Crippen MR) is 65.0 cm³/mol. The summed E-state index contributed by atoms with van der Waals surface area (Å²) in [5, 5.41) is 3.27. The molecule has 2 heterocycles. The number of hydrogen-bond acceptors (Lipinski definition) is 4. The van der Waals surface area contributed by atoms with Crippen LogP contribution in [-0.2, 0) is 14.9 Å². The molecule has 2 aliphatic rings. The summed E-state index contributed by atoms with van der Waals surface area (Å²) >= 11 is 0. The van der Waals surface area contributed by atoms with E-state index >= 15 is 0 Å². The van der Waals surface area contributed by atoms with E-state index in [2.05, 4.69) is 10.0 Å². The number of hydrogen-bond donors (Lipinski definition) is 2. The molecule has 1 unspecified atom stereocenters. The zero-order chi connectivity index (χ0) is 12.1. The molecule has 0 amide bonds. The summed E-state index contributed by atoms with van der Waals surface area (Å²) in [4.78, 5) is 0. The quantitative estimate of drug-likeness (QED) is 0.706. The average molecular weight is 263 g/mol. The SMILES string of the molecule is O=S(=O)(NC1CCCNCC1)N1CCOCC1. The van der Waals surface area contributed by atoms with Crippen LogP contribution in [0.3, 0.4) is 0 Å². The zero-order valence-corrected chi connectivity index (χ0v) is 10.8. The van der Waals surface area contributed by atoms with E-state index in [1.54, 1.807) is 0 Å². The van der Waals surface area contributed by atoms with Crippen molar-refractivity contribution in [1.82, 2.24) is 14.3 Å². The van der Waals surface area contributed by atoms with Crippen molar-refractivity contribution in [2.45, 2.75) is 25.3 Å². The van der Waals surface area contributed by atoms with Crippen molar-refractivity contribution in [1.29, 1.82) is 0 Å². The lowest BCUT2D eigenvalue weighted by Crippen LogP contribution is -2.49. The van der Waals surface area contributed by atoms with Crippen LogP contribution in [-0.4, -0.2) is 58.2 Å². The van der Waals surface area contributed by atoms with Crippen LogP contribution in [0.2, 0.25) is 0 Å². The lowest BCUT2D eigenvalue weighted by Gasteiger charge is -2.28. The first-order chi connectivity index (χ1) is 8.18. The molecule has 1 atom stereocenters. The Kier molecular flexibility index (Phi) is 4.75. The average Bonchev–Trinajstić information content (AvgIpc) is 2.58. The molecule has 2 rings (SSSR count). The molecule has 2 N–H and O–H groups in total. The molecule has 0 aliphatic carbocycles. The van der Waals surface area contributed by atoms with Crippen LogP contribution in [0.4, 0.5) is 0 Å². The minimum Gasteiger partial charge on any atom is -0.379 e. The van der Waals surface area contributed by atoms with Crippen molar-refractivity contribution in [3.63, 3.8) is 0 Å². The van der Waals surface area contributed by atoms with Crippen LogP contribution in [0.1, 0.15) is 19.3 Å². The van der Waals surface area contributed by atoms with Crippen molar-refractivity contribution in [2.24, 2.45) is 0 Å². The Morgan fingerprint density at radius 1 is 1.18 bits per heavy atom. The third-order valence-corrected chi connectivity index (χ3v) is 4.88. The van der Waals surface area contributed by atoms with E-state index in [1.807, 2.05) is 0 Å². The number of morpholine rings is 1. The highest BCUT2D eigenvalue weighted by molar-refractivity contribution is 7.87. The Labute approximate surface area is 103 Å². The number of nitrogens with zero attached hydrogens (tertiary/aromatic N) is 1. The lowest BCUT2D eigenvalue weighted by molar-refractivity contribution is 0.0723. The Hall–Kier alpha value is -0.210. The van der Waals surface area contributed by atoms with Crippen LogP contribution in [0.15, 0.2) is 0 Å². The van der Waals surface area contributed by atoms with Crippen molar-refractivity contribution in [3.8, 4) is 0 Å². The summed E-state index contributed by atoms with van der Waals surface area (Å²) in [6.07, 6.45) is 2.80. The van der Waals surface area contributed by atoms with E-state index in [0.29, 0.717) is 26.3 Å². The molecule has 0 aromatic heterocycles. The fraction of sp³-hybridized carbons (Fsp3) is 1.00. The maximum atomic E-state index is 12.1.